The highest BCUT2D eigenvalue weighted by molar-refractivity contribution is 6.12. The van der Waals surface area contributed by atoms with Crippen molar-refractivity contribution in [2.45, 2.75) is 0 Å². The van der Waals surface area contributed by atoms with E-state index in [0.29, 0.717) is 28.2 Å². The standard InChI is InChI=1S/C13H13N3O/c14-9-3-1-2-8(6-9)13(17)11-7-10(15)4-5-12(11)16/h1-7H,14-16H2. The summed E-state index contributed by atoms with van der Waals surface area (Å²) >= 11 is 0. The van der Waals surface area contributed by atoms with Crippen LogP contribution in [0.5, 0.6) is 0 Å². The van der Waals surface area contributed by atoms with Crippen molar-refractivity contribution in [1.29, 1.82) is 0 Å². The molecule has 2 aromatic rings. The molecule has 4 heteroatoms. The first-order chi connectivity index (χ1) is 8.08. The minimum absolute atomic E-state index is 0.179. The number of ketones is 1. The Balaban J connectivity index is 2.47. The highest BCUT2D eigenvalue weighted by Gasteiger charge is 2.12. The van der Waals surface area contributed by atoms with Crippen molar-refractivity contribution in [2.75, 3.05) is 17.2 Å². The van der Waals surface area contributed by atoms with E-state index in [1.165, 1.54) is 0 Å². The van der Waals surface area contributed by atoms with Crippen LogP contribution in [-0.2, 0) is 0 Å². The Morgan fingerprint density at radius 3 is 2.29 bits per heavy atom. The van der Waals surface area contributed by atoms with Crippen molar-refractivity contribution < 1.29 is 4.79 Å². The minimum Gasteiger partial charge on any atom is -0.399 e. The fourth-order valence-electron chi connectivity index (χ4n) is 1.61. The molecule has 17 heavy (non-hydrogen) atoms. The summed E-state index contributed by atoms with van der Waals surface area (Å²) in [6.45, 7) is 0. The van der Waals surface area contributed by atoms with Gasteiger partial charge in [-0.3, -0.25) is 4.79 Å². The van der Waals surface area contributed by atoms with Crippen LogP contribution in [0.3, 0.4) is 0 Å². The van der Waals surface area contributed by atoms with Crippen LogP contribution in [0.15, 0.2) is 42.5 Å². The molecule has 0 atom stereocenters. The van der Waals surface area contributed by atoms with Crippen molar-refractivity contribution in [1.82, 2.24) is 0 Å². The van der Waals surface area contributed by atoms with Gasteiger partial charge in [0, 0.05) is 28.2 Å². The summed E-state index contributed by atoms with van der Waals surface area (Å²) in [6.07, 6.45) is 0. The molecular formula is C13H13N3O. The van der Waals surface area contributed by atoms with Gasteiger partial charge in [0.2, 0.25) is 0 Å². The molecule has 0 aliphatic rings. The van der Waals surface area contributed by atoms with Gasteiger partial charge in [-0.25, -0.2) is 0 Å². The Morgan fingerprint density at radius 2 is 1.59 bits per heavy atom. The lowest BCUT2D eigenvalue weighted by atomic mass is 10.0. The second-order valence-electron chi connectivity index (χ2n) is 3.80. The maximum absolute atomic E-state index is 12.2. The number of nitrogens with two attached hydrogens (primary N) is 3. The lowest BCUT2D eigenvalue weighted by Crippen LogP contribution is -2.06. The van der Waals surface area contributed by atoms with E-state index in [1.807, 2.05) is 0 Å². The van der Waals surface area contributed by atoms with Gasteiger partial charge in [-0.15, -0.1) is 0 Å². The highest BCUT2D eigenvalue weighted by Crippen LogP contribution is 2.20. The number of rotatable bonds is 2. The van der Waals surface area contributed by atoms with E-state index in [4.69, 9.17) is 17.2 Å². The molecule has 0 aliphatic heterocycles. The summed E-state index contributed by atoms with van der Waals surface area (Å²) in [5.74, 6) is -0.179. The van der Waals surface area contributed by atoms with Gasteiger partial charge >= 0.3 is 0 Å². The van der Waals surface area contributed by atoms with Crippen LogP contribution in [0.25, 0.3) is 0 Å². The SMILES string of the molecule is Nc1cccc(C(=O)c2cc(N)ccc2N)c1. The van der Waals surface area contributed by atoms with Gasteiger partial charge in [0.25, 0.3) is 0 Å². The number of benzene rings is 2. The Morgan fingerprint density at radius 1 is 0.882 bits per heavy atom. The first-order valence-corrected chi connectivity index (χ1v) is 5.13. The van der Waals surface area contributed by atoms with Crippen LogP contribution < -0.4 is 17.2 Å². The van der Waals surface area contributed by atoms with Gasteiger partial charge in [0.1, 0.15) is 0 Å². The highest BCUT2D eigenvalue weighted by atomic mass is 16.1. The molecule has 0 aliphatic carbocycles. The summed E-state index contributed by atoms with van der Waals surface area (Å²) in [5, 5.41) is 0. The molecule has 0 unspecified atom stereocenters. The van der Waals surface area contributed by atoms with Crippen LogP contribution in [-0.4, -0.2) is 5.78 Å². The van der Waals surface area contributed by atoms with Crippen LogP contribution >= 0.6 is 0 Å². The maximum Gasteiger partial charge on any atom is 0.195 e. The van der Waals surface area contributed by atoms with Crippen LogP contribution in [0.2, 0.25) is 0 Å². The number of carbonyl (C=O) groups is 1. The Labute approximate surface area is 99.0 Å². The van der Waals surface area contributed by atoms with Crippen molar-refractivity contribution >= 4 is 22.8 Å². The molecular weight excluding hydrogens is 214 g/mol. The van der Waals surface area contributed by atoms with E-state index in [1.54, 1.807) is 42.5 Å². The number of nitrogen functional groups attached to an aromatic ring is 3. The van der Waals surface area contributed by atoms with E-state index in [0.717, 1.165) is 0 Å². The predicted molar refractivity (Wildman–Crippen MR) is 69.6 cm³/mol. The minimum atomic E-state index is -0.179. The summed E-state index contributed by atoms with van der Waals surface area (Å²) in [6, 6.07) is 11.6. The Kier molecular flexibility index (Phi) is 2.70. The van der Waals surface area contributed by atoms with Gasteiger partial charge in [0.15, 0.2) is 5.78 Å². The molecule has 2 aromatic carbocycles. The monoisotopic (exact) mass is 227 g/mol. The van der Waals surface area contributed by atoms with E-state index < -0.39 is 0 Å². The third kappa shape index (κ3) is 2.20. The molecule has 0 aromatic heterocycles. The number of anilines is 3. The lowest BCUT2D eigenvalue weighted by molar-refractivity contribution is 0.103. The van der Waals surface area contributed by atoms with Crippen LogP contribution in [0.1, 0.15) is 15.9 Å². The molecule has 0 spiro atoms. The van der Waals surface area contributed by atoms with Crippen molar-refractivity contribution in [3.63, 3.8) is 0 Å². The molecule has 4 nitrogen and oxygen atoms in total. The topological polar surface area (TPSA) is 95.1 Å². The molecule has 0 amide bonds. The molecule has 0 bridgehead atoms. The van der Waals surface area contributed by atoms with E-state index in [9.17, 15) is 4.79 Å². The molecule has 2 rings (SSSR count). The average molecular weight is 227 g/mol. The smallest absolute Gasteiger partial charge is 0.195 e. The number of carbonyl (C=O) groups excluding carboxylic acids is 1. The molecule has 6 N–H and O–H groups in total. The number of hydrogen-bond acceptors (Lipinski definition) is 4. The Hall–Kier alpha value is -2.49. The molecule has 86 valence electrons. The van der Waals surface area contributed by atoms with Gasteiger partial charge in [-0.1, -0.05) is 12.1 Å². The predicted octanol–water partition coefficient (Wildman–Crippen LogP) is 1.66. The zero-order valence-electron chi connectivity index (χ0n) is 9.18. The summed E-state index contributed by atoms with van der Waals surface area (Å²) in [7, 11) is 0. The number of hydrogen-bond donors (Lipinski definition) is 3. The molecule has 0 saturated carbocycles. The zero-order valence-corrected chi connectivity index (χ0v) is 9.18. The average Bonchev–Trinajstić information content (AvgIpc) is 2.31. The van der Waals surface area contributed by atoms with Gasteiger partial charge < -0.3 is 17.2 Å². The molecule has 0 heterocycles. The van der Waals surface area contributed by atoms with Crippen LogP contribution in [0, 0.1) is 0 Å². The van der Waals surface area contributed by atoms with Crippen LogP contribution in [0.4, 0.5) is 17.1 Å². The third-order valence-electron chi connectivity index (χ3n) is 2.47. The normalized spacial score (nSPS) is 10.1. The molecule has 0 radical (unpaired) electrons. The fourth-order valence-corrected chi connectivity index (χ4v) is 1.61. The second-order valence-corrected chi connectivity index (χ2v) is 3.80. The molecule has 0 fully saturated rings. The molecule has 0 saturated heterocycles. The van der Waals surface area contributed by atoms with Crippen molar-refractivity contribution in [3.8, 4) is 0 Å². The van der Waals surface area contributed by atoms with E-state index in [2.05, 4.69) is 0 Å². The van der Waals surface area contributed by atoms with E-state index in [-0.39, 0.29) is 5.78 Å². The zero-order chi connectivity index (χ0) is 12.4. The summed E-state index contributed by atoms with van der Waals surface area (Å²) in [4.78, 5) is 12.2. The van der Waals surface area contributed by atoms with Crippen molar-refractivity contribution in [2.24, 2.45) is 0 Å². The second kappa shape index (κ2) is 4.17. The largest absolute Gasteiger partial charge is 0.399 e. The fraction of sp³-hybridized carbons (Fsp3) is 0. The lowest BCUT2D eigenvalue weighted by Gasteiger charge is -2.06. The summed E-state index contributed by atoms with van der Waals surface area (Å²) in [5.41, 5.74) is 19.4. The van der Waals surface area contributed by atoms with E-state index >= 15 is 0 Å². The van der Waals surface area contributed by atoms with Gasteiger partial charge in [-0.05, 0) is 30.3 Å². The van der Waals surface area contributed by atoms with Crippen molar-refractivity contribution in [3.05, 3.63) is 53.6 Å². The maximum atomic E-state index is 12.2. The van der Waals surface area contributed by atoms with Gasteiger partial charge in [-0.2, -0.15) is 0 Å². The summed E-state index contributed by atoms with van der Waals surface area (Å²) < 4.78 is 0. The third-order valence-corrected chi connectivity index (χ3v) is 2.47. The first-order valence-electron chi connectivity index (χ1n) is 5.13. The van der Waals surface area contributed by atoms with Gasteiger partial charge in [0.05, 0.1) is 0 Å². The first kappa shape index (κ1) is 11.0. The Bertz CT molecular complexity index is 579. The quantitative estimate of drug-likeness (QED) is 0.537.